The molecule has 21 heavy (non-hydrogen) atoms. The zero-order chi connectivity index (χ0) is 14.7. The second-order valence-corrected chi connectivity index (χ2v) is 5.48. The van der Waals surface area contributed by atoms with Crippen molar-refractivity contribution in [1.82, 2.24) is 15.3 Å². The Balaban J connectivity index is 1.87. The molecule has 2 aromatic rings. The summed E-state index contributed by atoms with van der Waals surface area (Å²) in [6.07, 6.45) is 6.69. The first kappa shape index (κ1) is 14.1. The first-order valence-corrected chi connectivity index (χ1v) is 7.63. The van der Waals surface area contributed by atoms with Crippen LogP contribution < -0.4 is 5.32 Å². The average Bonchev–Trinajstić information content (AvgIpc) is 2.91. The third kappa shape index (κ3) is 3.08. The van der Waals surface area contributed by atoms with Crippen LogP contribution in [-0.4, -0.2) is 34.7 Å². The van der Waals surface area contributed by atoms with Gasteiger partial charge in [0.2, 0.25) is 0 Å². The van der Waals surface area contributed by atoms with E-state index in [4.69, 9.17) is 11.6 Å². The van der Waals surface area contributed by atoms with Crippen LogP contribution in [0.25, 0.3) is 11.0 Å². The Morgan fingerprint density at radius 2 is 2.33 bits per heavy atom. The Hall–Kier alpha value is -1.88. The zero-order valence-electron chi connectivity index (χ0n) is 12.0. The van der Waals surface area contributed by atoms with Crippen LogP contribution in [0, 0.1) is 0 Å². The summed E-state index contributed by atoms with van der Waals surface area (Å²) in [5.74, 6) is 1.85. The van der Waals surface area contributed by atoms with Gasteiger partial charge >= 0.3 is 0 Å². The number of unbranched alkanes of at least 4 members (excludes halogenated alkanes) is 1. The van der Waals surface area contributed by atoms with Crippen molar-refractivity contribution in [3.05, 3.63) is 29.0 Å². The maximum atomic E-state index is 6.04. The van der Waals surface area contributed by atoms with Gasteiger partial charge in [0.05, 0.1) is 5.02 Å². The number of nitrogens with one attached hydrogen (secondary N) is 2. The molecule has 5 nitrogen and oxygen atoms in total. The van der Waals surface area contributed by atoms with Crippen LogP contribution in [0.2, 0.25) is 5.02 Å². The van der Waals surface area contributed by atoms with Crippen molar-refractivity contribution in [2.24, 2.45) is 9.98 Å². The fourth-order valence-electron chi connectivity index (χ4n) is 2.33. The van der Waals surface area contributed by atoms with E-state index in [-0.39, 0.29) is 0 Å². The number of hydrogen-bond acceptors (Lipinski definition) is 3. The van der Waals surface area contributed by atoms with Gasteiger partial charge in [-0.3, -0.25) is 9.98 Å². The topological polar surface area (TPSA) is 65.4 Å². The molecule has 2 N–H and O–H groups in total. The van der Waals surface area contributed by atoms with Crippen LogP contribution in [0.5, 0.6) is 0 Å². The Bertz CT molecular complexity index is 701. The summed E-state index contributed by atoms with van der Waals surface area (Å²) in [6, 6.07) is 1.91. The third-order valence-electron chi connectivity index (χ3n) is 3.45. The molecule has 0 unspecified atom stereocenters. The van der Waals surface area contributed by atoms with E-state index in [0.29, 0.717) is 5.02 Å². The van der Waals surface area contributed by atoms with E-state index in [1.54, 1.807) is 6.20 Å². The van der Waals surface area contributed by atoms with Gasteiger partial charge in [-0.15, -0.1) is 0 Å². The minimum Gasteiger partial charge on any atom is -0.345 e. The van der Waals surface area contributed by atoms with Crippen LogP contribution in [0.15, 0.2) is 28.4 Å². The van der Waals surface area contributed by atoms with E-state index in [1.807, 2.05) is 12.3 Å². The van der Waals surface area contributed by atoms with Crippen LogP contribution in [0.4, 0.5) is 0 Å². The van der Waals surface area contributed by atoms with Gasteiger partial charge in [0.1, 0.15) is 17.3 Å². The molecule has 1 aliphatic heterocycles. The molecule has 0 saturated carbocycles. The number of nitrogens with zero attached hydrogens (tertiary/aromatic N) is 3. The predicted octanol–water partition coefficient (Wildman–Crippen LogP) is 3.15. The quantitative estimate of drug-likeness (QED) is 0.852. The minimum absolute atomic E-state index is 0.622. The maximum Gasteiger partial charge on any atom is 0.138 e. The first-order chi connectivity index (χ1) is 10.3. The Morgan fingerprint density at radius 1 is 1.43 bits per heavy atom. The number of aromatic nitrogens is 2. The normalized spacial score (nSPS) is 17.0. The molecule has 0 bridgehead atoms. The molecule has 0 spiro atoms. The summed E-state index contributed by atoms with van der Waals surface area (Å²) in [6.45, 7) is 3.80. The molecule has 0 aliphatic carbocycles. The molecule has 110 valence electrons. The molecular formula is C15H18ClN5. The number of aromatic amines is 1. The van der Waals surface area contributed by atoms with Gasteiger partial charge in [-0.05, 0) is 12.5 Å². The van der Waals surface area contributed by atoms with E-state index in [0.717, 1.165) is 60.6 Å². The molecule has 0 fully saturated rings. The summed E-state index contributed by atoms with van der Waals surface area (Å²) in [5, 5.41) is 4.93. The van der Waals surface area contributed by atoms with Crippen molar-refractivity contribution in [2.45, 2.75) is 26.2 Å². The highest BCUT2D eigenvalue weighted by Gasteiger charge is 2.16. The van der Waals surface area contributed by atoms with Crippen molar-refractivity contribution in [3.8, 4) is 0 Å². The Kier molecular flexibility index (Phi) is 4.20. The Morgan fingerprint density at radius 3 is 3.19 bits per heavy atom. The molecule has 0 atom stereocenters. The van der Waals surface area contributed by atoms with Crippen molar-refractivity contribution < 1.29 is 0 Å². The van der Waals surface area contributed by atoms with Gasteiger partial charge in [0, 0.05) is 42.9 Å². The van der Waals surface area contributed by atoms with Crippen molar-refractivity contribution in [2.75, 3.05) is 13.1 Å². The first-order valence-electron chi connectivity index (χ1n) is 7.25. The summed E-state index contributed by atoms with van der Waals surface area (Å²) in [5.41, 5.74) is 1.80. The second-order valence-electron chi connectivity index (χ2n) is 5.04. The van der Waals surface area contributed by atoms with Gasteiger partial charge < -0.3 is 10.3 Å². The molecular weight excluding hydrogens is 286 g/mol. The molecule has 3 rings (SSSR count). The smallest absolute Gasteiger partial charge is 0.138 e. The standard InChI is InChI=1S/C15H18ClN5/c1-2-3-5-17-13-4-6-18-15(21-13)12-9-20-14-11(12)7-10(16)8-19-14/h7-9H,2-6H2,1H3,(H,19,20)(H,17,18,21). The molecule has 0 amide bonds. The van der Waals surface area contributed by atoms with Crippen LogP contribution in [-0.2, 0) is 0 Å². The zero-order valence-corrected chi connectivity index (χ0v) is 12.7. The minimum atomic E-state index is 0.622. The van der Waals surface area contributed by atoms with E-state index < -0.39 is 0 Å². The van der Waals surface area contributed by atoms with Crippen LogP contribution in [0.1, 0.15) is 31.7 Å². The van der Waals surface area contributed by atoms with Gasteiger partial charge in [0.15, 0.2) is 0 Å². The van der Waals surface area contributed by atoms with Gasteiger partial charge in [-0.25, -0.2) is 4.98 Å². The number of aliphatic imine (C=N–C) groups is 2. The molecule has 3 heterocycles. The molecule has 2 aromatic heterocycles. The van der Waals surface area contributed by atoms with Gasteiger partial charge in [-0.2, -0.15) is 0 Å². The number of halogens is 1. The van der Waals surface area contributed by atoms with E-state index in [1.165, 1.54) is 0 Å². The molecule has 0 aromatic carbocycles. The van der Waals surface area contributed by atoms with E-state index in [9.17, 15) is 0 Å². The number of H-pyrrole nitrogens is 1. The average molecular weight is 304 g/mol. The van der Waals surface area contributed by atoms with Gasteiger partial charge in [-0.1, -0.05) is 24.9 Å². The molecule has 0 saturated heterocycles. The largest absolute Gasteiger partial charge is 0.345 e. The number of hydrogen-bond donors (Lipinski definition) is 2. The van der Waals surface area contributed by atoms with Gasteiger partial charge in [0.25, 0.3) is 0 Å². The SMILES string of the molecule is CCCCN=C1CCN=C(c2c[nH]c3ncc(Cl)cc23)N1. The number of pyridine rings is 1. The maximum absolute atomic E-state index is 6.04. The highest BCUT2D eigenvalue weighted by atomic mass is 35.5. The predicted molar refractivity (Wildman–Crippen MR) is 87.5 cm³/mol. The summed E-state index contributed by atoms with van der Waals surface area (Å²) < 4.78 is 0. The molecule has 0 radical (unpaired) electrons. The fraction of sp³-hybridized carbons (Fsp3) is 0.400. The highest BCUT2D eigenvalue weighted by molar-refractivity contribution is 6.31. The molecule has 1 aliphatic rings. The lowest BCUT2D eigenvalue weighted by atomic mass is 10.2. The lowest BCUT2D eigenvalue weighted by molar-refractivity contribution is 0.798. The summed E-state index contributed by atoms with van der Waals surface area (Å²) in [4.78, 5) is 16.6. The van der Waals surface area contributed by atoms with Crippen molar-refractivity contribution >= 4 is 34.3 Å². The number of fused-ring (bicyclic) bond motifs is 1. The Labute approximate surface area is 128 Å². The summed E-state index contributed by atoms with van der Waals surface area (Å²) in [7, 11) is 0. The van der Waals surface area contributed by atoms with Crippen molar-refractivity contribution in [1.29, 1.82) is 0 Å². The lowest BCUT2D eigenvalue weighted by Crippen LogP contribution is -2.35. The second kappa shape index (κ2) is 6.26. The lowest BCUT2D eigenvalue weighted by Gasteiger charge is -2.16. The number of rotatable bonds is 4. The van der Waals surface area contributed by atoms with Crippen LogP contribution in [0.3, 0.4) is 0 Å². The van der Waals surface area contributed by atoms with Crippen molar-refractivity contribution in [3.63, 3.8) is 0 Å². The molecule has 6 heteroatoms. The van der Waals surface area contributed by atoms with E-state index >= 15 is 0 Å². The highest BCUT2D eigenvalue weighted by Crippen LogP contribution is 2.21. The van der Waals surface area contributed by atoms with E-state index in [2.05, 4.69) is 32.2 Å². The summed E-state index contributed by atoms with van der Waals surface area (Å²) >= 11 is 6.04. The fourth-order valence-corrected chi connectivity index (χ4v) is 2.49. The van der Waals surface area contributed by atoms with Crippen LogP contribution >= 0.6 is 11.6 Å². The third-order valence-corrected chi connectivity index (χ3v) is 3.66. The number of amidine groups is 2. The monoisotopic (exact) mass is 303 g/mol.